The van der Waals surface area contributed by atoms with Gasteiger partial charge >= 0.3 is 0 Å². The van der Waals surface area contributed by atoms with Gasteiger partial charge < -0.3 is 5.32 Å². The predicted octanol–water partition coefficient (Wildman–Crippen LogP) is 2.73. The van der Waals surface area contributed by atoms with Gasteiger partial charge in [0.1, 0.15) is 0 Å². The van der Waals surface area contributed by atoms with Crippen molar-refractivity contribution >= 4 is 22.9 Å². The highest BCUT2D eigenvalue weighted by Crippen LogP contribution is 2.10. The summed E-state index contributed by atoms with van der Waals surface area (Å²) in [6, 6.07) is 13.1. The molecule has 0 unspecified atom stereocenters. The van der Waals surface area contributed by atoms with Crippen molar-refractivity contribution in [2.45, 2.75) is 6.42 Å². The van der Waals surface area contributed by atoms with E-state index in [1.54, 1.807) is 35.6 Å². The molecule has 21 heavy (non-hydrogen) atoms. The monoisotopic (exact) mass is 299 g/mol. The summed E-state index contributed by atoms with van der Waals surface area (Å²) in [5.41, 5.74) is 1.30. The third-order valence-corrected chi connectivity index (χ3v) is 3.97. The van der Waals surface area contributed by atoms with Gasteiger partial charge in [-0.25, -0.2) is 0 Å². The third kappa shape index (κ3) is 5.03. The van der Waals surface area contributed by atoms with Gasteiger partial charge in [-0.15, -0.1) is 11.3 Å². The Kier molecular flexibility index (Phi) is 5.50. The number of carbonyl (C=O) groups is 1. The lowest BCUT2D eigenvalue weighted by atomic mass is 10.2. The fourth-order valence-electron chi connectivity index (χ4n) is 1.91. The number of carbonyl (C=O) groups excluding carboxylic acids is 1. The molecule has 2 rings (SSSR count). The topological polar surface area (TPSA) is 56.1 Å². The van der Waals surface area contributed by atoms with Gasteiger partial charge in [0.25, 0.3) is 0 Å². The van der Waals surface area contributed by atoms with E-state index in [9.17, 15) is 4.79 Å². The molecular weight excluding hydrogens is 282 g/mol. The van der Waals surface area contributed by atoms with Crippen molar-refractivity contribution in [3.8, 4) is 6.07 Å². The molecule has 4 nitrogen and oxygen atoms in total. The number of nitriles is 1. The molecule has 5 heteroatoms. The molecule has 0 radical (unpaired) electrons. The second-order valence-electron chi connectivity index (χ2n) is 4.80. The van der Waals surface area contributed by atoms with Crippen LogP contribution in [-0.2, 0) is 11.2 Å². The molecule has 0 spiro atoms. The van der Waals surface area contributed by atoms with Crippen LogP contribution in [-0.4, -0.2) is 30.9 Å². The Morgan fingerprint density at radius 3 is 2.71 bits per heavy atom. The minimum atomic E-state index is -0.0478. The fraction of sp³-hybridized carbons (Fsp3) is 0.250. The van der Waals surface area contributed by atoms with Crippen molar-refractivity contribution in [1.29, 1.82) is 5.26 Å². The van der Waals surface area contributed by atoms with Crippen molar-refractivity contribution < 1.29 is 4.79 Å². The van der Waals surface area contributed by atoms with Crippen molar-refractivity contribution in [3.63, 3.8) is 0 Å². The van der Waals surface area contributed by atoms with E-state index >= 15 is 0 Å². The summed E-state index contributed by atoms with van der Waals surface area (Å²) in [7, 11) is 1.94. The molecule has 1 N–H and O–H groups in total. The summed E-state index contributed by atoms with van der Waals surface area (Å²) in [4.78, 5) is 15.3. The molecule has 0 aliphatic carbocycles. The Labute approximate surface area is 128 Å². The maximum absolute atomic E-state index is 11.9. The van der Waals surface area contributed by atoms with E-state index in [1.807, 2.05) is 24.1 Å². The lowest BCUT2D eigenvalue weighted by molar-refractivity contribution is -0.117. The molecule has 1 aromatic heterocycles. The Morgan fingerprint density at radius 1 is 1.33 bits per heavy atom. The molecule has 2 aromatic rings. The van der Waals surface area contributed by atoms with Crippen molar-refractivity contribution in [2.75, 3.05) is 25.5 Å². The number of nitrogens with zero attached hydrogens (tertiary/aromatic N) is 2. The Balaban J connectivity index is 1.76. The molecule has 0 aliphatic heterocycles. The van der Waals surface area contributed by atoms with Gasteiger partial charge in [0.05, 0.1) is 18.2 Å². The first kappa shape index (κ1) is 15.2. The second kappa shape index (κ2) is 7.58. The van der Waals surface area contributed by atoms with E-state index < -0.39 is 0 Å². The van der Waals surface area contributed by atoms with E-state index in [0.29, 0.717) is 17.8 Å². The average Bonchev–Trinajstić information content (AvgIpc) is 2.99. The predicted molar refractivity (Wildman–Crippen MR) is 85.3 cm³/mol. The number of nitrogens with one attached hydrogen (secondary N) is 1. The molecule has 0 fully saturated rings. The zero-order valence-corrected chi connectivity index (χ0v) is 12.7. The number of likely N-dealkylation sites (N-methyl/N-ethyl adjacent to an activating group) is 1. The van der Waals surface area contributed by atoms with Gasteiger partial charge in [-0.3, -0.25) is 9.69 Å². The molecule has 1 heterocycles. The van der Waals surface area contributed by atoms with Gasteiger partial charge in [-0.2, -0.15) is 5.26 Å². The second-order valence-corrected chi connectivity index (χ2v) is 5.84. The summed E-state index contributed by atoms with van der Waals surface area (Å²) in [6.07, 6.45) is 0.957. The Hall–Kier alpha value is -2.16. The lowest BCUT2D eigenvalue weighted by Crippen LogP contribution is -2.31. The highest BCUT2D eigenvalue weighted by Gasteiger charge is 2.07. The maximum atomic E-state index is 11.9. The number of hydrogen-bond donors (Lipinski definition) is 1. The van der Waals surface area contributed by atoms with Crippen molar-refractivity contribution in [3.05, 3.63) is 52.2 Å². The fourth-order valence-corrected chi connectivity index (χ4v) is 2.61. The number of hydrogen-bond acceptors (Lipinski definition) is 4. The van der Waals surface area contributed by atoms with Gasteiger partial charge in [0.2, 0.25) is 5.91 Å². The Bertz CT molecular complexity index is 614. The number of anilines is 1. The first-order valence-electron chi connectivity index (χ1n) is 6.68. The third-order valence-electron chi connectivity index (χ3n) is 3.03. The van der Waals surface area contributed by atoms with E-state index in [-0.39, 0.29) is 5.91 Å². The molecule has 0 atom stereocenters. The summed E-state index contributed by atoms with van der Waals surface area (Å²) in [5, 5.41) is 13.6. The SMILES string of the molecule is CN(CCc1cccs1)CC(=O)Nc1ccc(C#N)cc1. The number of rotatable bonds is 6. The van der Waals surface area contributed by atoms with Crippen LogP contribution in [0, 0.1) is 11.3 Å². The largest absolute Gasteiger partial charge is 0.325 e. The molecule has 0 bridgehead atoms. The van der Waals surface area contributed by atoms with Crippen LogP contribution < -0.4 is 5.32 Å². The van der Waals surface area contributed by atoms with Crippen molar-refractivity contribution in [1.82, 2.24) is 4.90 Å². The molecule has 0 aliphatic rings. The lowest BCUT2D eigenvalue weighted by Gasteiger charge is -2.15. The van der Waals surface area contributed by atoms with E-state index in [4.69, 9.17) is 5.26 Å². The molecule has 1 amide bonds. The van der Waals surface area contributed by atoms with Gasteiger partial charge in [-0.05, 0) is 49.2 Å². The number of amides is 1. The van der Waals surface area contributed by atoms with Crippen LogP contribution in [0.3, 0.4) is 0 Å². The smallest absolute Gasteiger partial charge is 0.238 e. The molecule has 0 saturated heterocycles. The van der Waals surface area contributed by atoms with Crippen LogP contribution >= 0.6 is 11.3 Å². The Morgan fingerprint density at radius 2 is 2.10 bits per heavy atom. The summed E-state index contributed by atoms with van der Waals surface area (Å²) in [6.45, 7) is 1.20. The maximum Gasteiger partial charge on any atom is 0.238 e. The van der Waals surface area contributed by atoms with E-state index in [1.165, 1.54) is 4.88 Å². The normalized spacial score (nSPS) is 10.3. The molecular formula is C16H17N3OS. The van der Waals surface area contributed by atoms with Gasteiger partial charge in [-0.1, -0.05) is 6.07 Å². The van der Waals surface area contributed by atoms with Crippen LogP contribution in [0.4, 0.5) is 5.69 Å². The highest BCUT2D eigenvalue weighted by molar-refractivity contribution is 7.09. The van der Waals surface area contributed by atoms with Gasteiger partial charge in [0, 0.05) is 17.1 Å². The van der Waals surface area contributed by atoms with Crippen LogP contribution in [0.2, 0.25) is 0 Å². The average molecular weight is 299 g/mol. The first-order chi connectivity index (χ1) is 10.2. The molecule has 1 aromatic carbocycles. The highest BCUT2D eigenvalue weighted by atomic mass is 32.1. The van der Waals surface area contributed by atoms with Crippen LogP contribution in [0.15, 0.2) is 41.8 Å². The van der Waals surface area contributed by atoms with Crippen LogP contribution in [0.1, 0.15) is 10.4 Å². The van der Waals surface area contributed by atoms with Crippen LogP contribution in [0.25, 0.3) is 0 Å². The standard InChI is InChI=1S/C16H17N3OS/c1-19(9-8-15-3-2-10-21-15)12-16(20)18-14-6-4-13(11-17)5-7-14/h2-7,10H,8-9,12H2,1H3,(H,18,20). The van der Waals surface area contributed by atoms with E-state index in [2.05, 4.69) is 16.8 Å². The first-order valence-corrected chi connectivity index (χ1v) is 7.56. The summed E-state index contributed by atoms with van der Waals surface area (Å²) < 4.78 is 0. The quantitative estimate of drug-likeness (QED) is 0.892. The number of thiophene rings is 1. The zero-order valence-electron chi connectivity index (χ0n) is 11.9. The minimum absolute atomic E-state index is 0.0478. The van der Waals surface area contributed by atoms with E-state index in [0.717, 1.165) is 13.0 Å². The van der Waals surface area contributed by atoms with Crippen molar-refractivity contribution in [2.24, 2.45) is 0 Å². The minimum Gasteiger partial charge on any atom is -0.325 e. The number of benzene rings is 1. The molecule has 0 saturated carbocycles. The summed E-state index contributed by atoms with van der Waals surface area (Å²) >= 11 is 1.74. The van der Waals surface area contributed by atoms with Crippen LogP contribution in [0.5, 0.6) is 0 Å². The summed E-state index contributed by atoms with van der Waals surface area (Å²) in [5.74, 6) is -0.0478. The van der Waals surface area contributed by atoms with Gasteiger partial charge in [0.15, 0.2) is 0 Å². The zero-order chi connectivity index (χ0) is 15.1. The molecule has 108 valence electrons.